The number of rotatable bonds is 3. The maximum Gasteiger partial charge on any atom is 0.227 e. The van der Waals surface area contributed by atoms with Crippen LogP contribution in [0.4, 0.5) is 0 Å². The molecular formula is C19H29N3O. The molecule has 0 aromatic heterocycles. The molecule has 1 saturated heterocycles. The van der Waals surface area contributed by atoms with Crippen molar-refractivity contribution >= 4 is 5.91 Å². The lowest BCUT2D eigenvalue weighted by Crippen LogP contribution is -2.47. The van der Waals surface area contributed by atoms with Crippen LogP contribution in [0.3, 0.4) is 0 Å². The molecule has 2 aliphatic heterocycles. The number of nitrogens with zero attached hydrogens (tertiary/aromatic N) is 2. The van der Waals surface area contributed by atoms with E-state index in [1.807, 2.05) is 0 Å². The highest BCUT2D eigenvalue weighted by Crippen LogP contribution is 2.26. The van der Waals surface area contributed by atoms with Gasteiger partial charge in [0.1, 0.15) is 0 Å². The fraction of sp³-hybridized carbons (Fsp3) is 0.632. The molecule has 0 saturated carbocycles. The van der Waals surface area contributed by atoms with Crippen LogP contribution in [0.1, 0.15) is 35.1 Å². The first kappa shape index (κ1) is 16.5. The number of aryl methyl sites for hydroxylation is 2. The van der Waals surface area contributed by atoms with E-state index in [1.54, 1.807) is 0 Å². The topological polar surface area (TPSA) is 49.6 Å². The summed E-state index contributed by atoms with van der Waals surface area (Å²) in [6.45, 7) is 9.52. The highest BCUT2D eigenvalue weighted by molar-refractivity contribution is 5.79. The molecule has 1 unspecified atom stereocenters. The average Bonchev–Trinajstić information content (AvgIpc) is 2.55. The van der Waals surface area contributed by atoms with Gasteiger partial charge >= 0.3 is 0 Å². The molecule has 2 heterocycles. The van der Waals surface area contributed by atoms with Crippen molar-refractivity contribution in [3.8, 4) is 0 Å². The first-order chi connectivity index (χ1) is 11.1. The van der Waals surface area contributed by atoms with Gasteiger partial charge < -0.3 is 15.5 Å². The molecule has 2 aliphatic rings. The standard InChI is InChI=1S/C19H29N3O/c1-14-10-16-5-8-22(13-18(16)11-15(14)2)19(23)17-4-3-7-21(12-17)9-6-20/h10-11,17H,3-9,12-13,20H2,1-2H3. The van der Waals surface area contributed by atoms with Crippen LogP contribution in [-0.4, -0.2) is 48.4 Å². The Morgan fingerprint density at radius 3 is 2.70 bits per heavy atom. The van der Waals surface area contributed by atoms with Crippen LogP contribution >= 0.6 is 0 Å². The van der Waals surface area contributed by atoms with E-state index in [2.05, 4.69) is 35.8 Å². The monoisotopic (exact) mass is 315 g/mol. The number of amides is 1. The van der Waals surface area contributed by atoms with E-state index in [-0.39, 0.29) is 5.92 Å². The third kappa shape index (κ3) is 3.59. The Balaban J connectivity index is 1.68. The fourth-order valence-electron chi connectivity index (χ4n) is 3.94. The lowest BCUT2D eigenvalue weighted by atomic mass is 9.92. The molecule has 1 fully saturated rings. The number of hydrogen-bond donors (Lipinski definition) is 1. The molecule has 0 spiro atoms. The second-order valence-electron chi connectivity index (χ2n) is 7.14. The second kappa shape index (κ2) is 7.02. The van der Waals surface area contributed by atoms with Gasteiger partial charge in [0.25, 0.3) is 0 Å². The van der Waals surface area contributed by atoms with Gasteiger partial charge in [-0.3, -0.25) is 4.79 Å². The highest BCUT2D eigenvalue weighted by Gasteiger charge is 2.30. The number of likely N-dealkylation sites (tertiary alicyclic amines) is 1. The smallest absolute Gasteiger partial charge is 0.227 e. The van der Waals surface area contributed by atoms with Crippen molar-refractivity contribution in [3.63, 3.8) is 0 Å². The van der Waals surface area contributed by atoms with E-state index in [9.17, 15) is 4.79 Å². The van der Waals surface area contributed by atoms with Crippen LogP contribution < -0.4 is 5.73 Å². The molecule has 4 heteroatoms. The third-order valence-electron chi connectivity index (χ3n) is 5.44. The van der Waals surface area contributed by atoms with Gasteiger partial charge in [0, 0.05) is 32.7 Å². The van der Waals surface area contributed by atoms with Crippen LogP contribution in [0, 0.1) is 19.8 Å². The maximum absolute atomic E-state index is 12.9. The maximum atomic E-state index is 12.9. The molecule has 0 radical (unpaired) electrons. The minimum absolute atomic E-state index is 0.156. The predicted molar refractivity (Wildman–Crippen MR) is 93.3 cm³/mol. The predicted octanol–water partition coefficient (Wildman–Crippen LogP) is 1.86. The first-order valence-corrected chi connectivity index (χ1v) is 8.88. The minimum Gasteiger partial charge on any atom is -0.338 e. The molecule has 1 atom stereocenters. The van der Waals surface area contributed by atoms with Gasteiger partial charge in [0.15, 0.2) is 0 Å². The summed E-state index contributed by atoms with van der Waals surface area (Å²) in [6.07, 6.45) is 3.12. The SMILES string of the molecule is Cc1cc2c(cc1C)CN(C(=O)C1CCCN(CCN)C1)CC2. The molecule has 2 N–H and O–H groups in total. The molecule has 1 amide bonds. The fourth-order valence-corrected chi connectivity index (χ4v) is 3.94. The van der Waals surface area contributed by atoms with Crippen molar-refractivity contribution in [2.45, 2.75) is 39.7 Å². The molecule has 4 nitrogen and oxygen atoms in total. The van der Waals surface area contributed by atoms with E-state index in [4.69, 9.17) is 5.73 Å². The number of carbonyl (C=O) groups is 1. The summed E-state index contributed by atoms with van der Waals surface area (Å²) in [6, 6.07) is 4.57. The molecule has 1 aromatic rings. The summed E-state index contributed by atoms with van der Waals surface area (Å²) in [5, 5.41) is 0. The van der Waals surface area contributed by atoms with Crippen LogP contribution in [-0.2, 0) is 17.8 Å². The van der Waals surface area contributed by atoms with Gasteiger partial charge in [-0.1, -0.05) is 12.1 Å². The summed E-state index contributed by atoms with van der Waals surface area (Å²) >= 11 is 0. The summed E-state index contributed by atoms with van der Waals surface area (Å²) in [5.41, 5.74) is 11.1. The highest BCUT2D eigenvalue weighted by atomic mass is 16.2. The van der Waals surface area contributed by atoms with Crippen LogP contribution in [0.15, 0.2) is 12.1 Å². The van der Waals surface area contributed by atoms with Crippen LogP contribution in [0.5, 0.6) is 0 Å². The number of fused-ring (bicyclic) bond motifs is 1. The molecule has 126 valence electrons. The van der Waals surface area contributed by atoms with Crippen molar-refractivity contribution in [1.29, 1.82) is 0 Å². The van der Waals surface area contributed by atoms with Gasteiger partial charge in [0.05, 0.1) is 5.92 Å². The number of carbonyl (C=O) groups excluding carboxylic acids is 1. The Morgan fingerprint density at radius 1 is 1.22 bits per heavy atom. The Bertz CT molecular complexity index is 582. The zero-order valence-electron chi connectivity index (χ0n) is 14.5. The van der Waals surface area contributed by atoms with E-state index in [1.165, 1.54) is 22.3 Å². The van der Waals surface area contributed by atoms with E-state index < -0.39 is 0 Å². The van der Waals surface area contributed by atoms with Crippen LogP contribution in [0.2, 0.25) is 0 Å². The largest absolute Gasteiger partial charge is 0.338 e. The van der Waals surface area contributed by atoms with Crippen molar-refractivity contribution in [3.05, 3.63) is 34.4 Å². The van der Waals surface area contributed by atoms with Gasteiger partial charge in [-0.2, -0.15) is 0 Å². The van der Waals surface area contributed by atoms with Gasteiger partial charge in [-0.15, -0.1) is 0 Å². The molecule has 0 aliphatic carbocycles. The zero-order valence-corrected chi connectivity index (χ0v) is 14.5. The van der Waals surface area contributed by atoms with Crippen LogP contribution in [0.25, 0.3) is 0 Å². The molecular weight excluding hydrogens is 286 g/mol. The summed E-state index contributed by atoms with van der Waals surface area (Å²) < 4.78 is 0. The number of hydrogen-bond acceptors (Lipinski definition) is 3. The minimum atomic E-state index is 0.156. The lowest BCUT2D eigenvalue weighted by Gasteiger charge is -2.36. The summed E-state index contributed by atoms with van der Waals surface area (Å²) in [4.78, 5) is 17.4. The molecule has 0 bridgehead atoms. The Hall–Kier alpha value is -1.39. The lowest BCUT2D eigenvalue weighted by molar-refractivity contribution is -0.138. The second-order valence-corrected chi connectivity index (χ2v) is 7.14. The van der Waals surface area contributed by atoms with Crippen molar-refractivity contribution in [2.75, 3.05) is 32.7 Å². The molecule has 23 heavy (non-hydrogen) atoms. The quantitative estimate of drug-likeness (QED) is 0.926. The normalized spacial score (nSPS) is 22.0. The zero-order chi connectivity index (χ0) is 16.4. The van der Waals surface area contributed by atoms with Gasteiger partial charge in [-0.05, 0) is 61.9 Å². The molecule has 1 aromatic carbocycles. The van der Waals surface area contributed by atoms with Crippen molar-refractivity contribution < 1.29 is 4.79 Å². The van der Waals surface area contributed by atoms with Gasteiger partial charge in [0.2, 0.25) is 5.91 Å². The molecule has 3 rings (SSSR count). The number of nitrogens with two attached hydrogens (primary N) is 1. The van der Waals surface area contributed by atoms with E-state index >= 15 is 0 Å². The number of benzene rings is 1. The first-order valence-electron chi connectivity index (χ1n) is 8.88. The van der Waals surface area contributed by atoms with Gasteiger partial charge in [-0.25, -0.2) is 0 Å². The Labute approximate surface area is 139 Å². The van der Waals surface area contributed by atoms with E-state index in [0.717, 1.165) is 52.0 Å². The summed E-state index contributed by atoms with van der Waals surface area (Å²) in [5.74, 6) is 0.499. The third-order valence-corrected chi connectivity index (χ3v) is 5.44. The Morgan fingerprint density at radius 2 is 1.96 bits per heavy atom. The van der Waals surface area contributed by atoms with Crippen molar-refractivity contribution in [2.24, 2.45) is 11.7 Å². The van der Waals surface area contributed by atoms with Crippen molar-refractivity contribution in [1.82, 2.24) is 9.80 Å². The average molecular weight is 315 g/mol. The Kier molecular flexibility index (Phi) is 5.02. The summed E-state index contributed by atoms with van der Waals surface area (Å²) in [7, 11) is 0. The number of piperidine rings is 1. The van der Waals surface area contributed by atoms with E-state index in [0.29, 0.717) is 12.5 Å².